The first-order chi connectivity index (χ1) is 8.69. The molecule has 0 bridgehead atoms. The zero-order valence-electron chi connectivity index (χ0n) is 10.6. The first kappa shape index (κ1) is 12.9. The third-order valence-electron chi connectivity index (χ3n) is 3.89. The molecule has 0 amide bonds. The smallest absolute Gasteiger partial charge is 0.0999 e. The molecular formula is C16H19NO. The number of aliphatic hydroxyl groups is 1. The van der Waals surface area contributed by atoms with Crippen LogP contribution in [0.3, 0.4) is 0 Å². The molecule has 1 N–H and O–H groups in total. The summed E-state index contributed by atoms with van der Waals surface area (Å²) in [4.78, 5) is 0. The first-order valence-corrected chi connectivity index (χ1v) is 6.54. The van der Waals surface area contributed by atoms with Gasteiger partial charge < -0.3 is 5.11 Å². The summed E-state index contributed by atoms with van der Waals surface area (Å²) in [5.74, 6) is -0.420. The second-order valence-electron chi connectivity index (χ2n) is 5.10. The number of benzene rings is 1. The van der Waals surface area contributed by atoms with Crippen LogP contribution in [0.1, 0.15) is 49.1 Å². The SMILES string of the molecule is C=Cc1ccc(C(C#N)C2(O)CCCCC2)cc1. The van der Waals surface area contributed by atoms with E-state index in [1.54, 1.807) is 6.08 Å². The lowest BCUT2D eigenvalue weighted by molar-refractivity contribution is -0.00713. The van der Waals surface area contributed by atoms with Crippen LogP contribution in [-0.2, 0) is 0 Å². The van der Waals surface area contributed by atoms with Crippen molar-refractivity contribution in [2.24, 2.45) is 0 Å². The van der Waals surface area contributed by atoms with E-state index in [2.05, 4.69) is 12.6 Å². The number of rotatable bonds is 3. The Hall–Kier alpha value is -1.59. The van der Waals surface area contributed by atoms with Crippen LogP contribution in [0.4, 0.5) is 0 Å². The minimum Gasteiger partial charge on any atom is -0.388 e. The lowest BCUT2D eigenvalue weighted by Gasteiger charge is -2.36. The number of nitriles is 1. The highest BCUT2D eigenvalue weighted by molar-refractivity contribution is 5.48. The van der Waals surface area contributed by atoms with Gasteiger partial charge in [-0.15, -0.1) is 0 Å². The monoisotopic (exact) mass is 241 g/mol. The molecule has 1 fully saturated rings. The van der Waals surface area contributed by atoms with Gasteiger partial charge in [0.25, 0.3) is 0 Å². The molecule has 2 nitrogen and oxygen atoms in total. The highest BCUT2D eigenvalue weighted by atomic mass is 16.3. The second-order valence-corrected chi connectivity index (χ2v) is 5.10. The molecule has 1 saturated carbocycles. The minimum atomic E-state index is -0.845. The quantitative estimate of drug-likeness (QED) is 0.878. The summed E-state index contributed by atoms with van der Waals surface area (Å²) >= 11 is 0. The van der Waals surface area contributed by atoms with E-state index in [1.807, 2.05) is 24.3 Å². The van der Waals surface area contributed by atoms with Crippen LogP contribution in [0.25, 0.3) is 6.08 Å². The standard InChI is InChI=1S/C16H19NO/c1-2-13-6-8-14(9-7-13)15(12-17)16(18)10-4-3-5-11-16/h2,6-9,15,18H,1,3-5,10-11H2. The Kier molecular flexibility index (Phi) is 3.84. The fourth-order valence-electron chi connectivity index (χ4n) is 2.78. The minimum absolute atomic E-state index is 0.420. The number of hydrogen-bond donors (Lipinski definition) is 1. The lowest BCUT2D eigenvalue weighted by atomic mass is 9.73. The molecule has 1 aliphatic carbocycles. The summed E-state index contributed by atoms with van der Waals surface area (Å²) < 4.78 is 0. The summed E-state index contributed by atoms with van der Waals surface area (Å²) in [5.41, 5.74) is 1.10. The maximum absolute atomic E-state index is 10.7. The van der Waals surface area contributed by atoms with Crippen LogP contribution < -0.4 is 0 Å². The van der Waals surface area contributed by atoms with Gasteiger partial charge in [0.2, 0.25) is 0 Å². The zero-order chi connectivity index (χ0) is 13.0. The Bertz CT molecular complexity index is 449. The third-order valence-corrected chi connectivity index (χ3v) is 3.89. The highest BCUT2D eigenvalue weighted by Crippen LogP contribution is 2.39. The Morgan fingerprint density at radius 1 is 1.22 bits per heavy atom. The summed E-state index contributed by atoms with van der Waals surface area (Å²) in [6.07, 6.45) is 6.43. The fourth-order valence-corrected chi connectivity index (χ4v) is 2.78. The van der Waals surface area contributed by atoms with Crippen molar-refractivity contribution in [3.8, 4) is 6.07 Å². The molecule has 0 radical (unpaired) electrons. The number of nitrogens with zero attached hydrogens (tertiary/aromatic N) is 1. The second kappa shape index (κ2) is 5.37. The normalized spacial score (nSPS) is 19.8. The summed E-state index contributed by atoms with van der Waals surface area (Å²) in [5, 5.41) is 20.1. The maximum atomic E-state index is 10.7. The predicted octanol–water partition coefficient (Wildman–Crippen LogP) is 3.63. The van der Waals surface area contributed by atoms with Gasteiger partial charge in [-0.05, 0) is 24.0 Å². The number of hydrogen-bond acceptors (Lipinski definition) is 2. The molecule has 0 aliphatic heterocycles. The van der Waals surface area contributed by atoms with E-state index >= 15 is 0 Å². The van der Waals surface area contributed by atoms with Crippen molar-refractivity contribution in [3.63, 3.8) is 0 Å². The van der Waals surface area contributed by atoms with E-state index in [9.17, 15) is 10.4 Å². The molecule has 1 aromatic rings. The molecular weight excluding hydrogens is 222 g/mol. The van der Waals surface area contributed by atoms with Gasteiger partial charge in [0.05, 0.1) is 17.6 Å². The first-order valence-electron chi connectivity index (χ1n) is 6.54. The molecule has 1 aliphatic rings. The van der Waals surface area contributed by atoms with E-state index in [4.69, 9.17) is 0 Å². The summed E-state index contributed by atoms with van der Waals surface area (Å²) in [6.45, 7) is 3.71. The molecule has 0 heterocycles. The van der Waals surface area contributed by atoms with E-state index in [1.165, 1.54) is 0 Å². The molecule has 18 heavy (non-hydrogen) atoms. The molecule has 94 valence electrons. The molecule has 0 spiro atoms. The third kappa shape index (κ3) is 2.47. The van der Waals surface area contributed by atoms with E-state index < -0.39 is 11.5 Å². The van der Waals surface area contributed by atoms with Gasteiger partial charge in [-0.1, -0.05) is 56.2 Å². The van der Waals surface area contributed by atoms with Crippen molar-refractivity contribution in [2.75, 3.05) is 0 Å². The molecule has 1 unspecified atom stereocenters. The summed E-state index contributed by atoms with van der Waals surface area (Å²) in [6, 6.07) is 10.0. The van der Waals surface area contributed by atoms with Crippen molar-refractivity contribution >= 4 is 6.08 Å². The average molecular weight is 241 g/mol. The maximum Gasteiger partial charge on any atom is 0.0999 e. The fraction of sp³-hybridized carbons (Fsp3) is 0.438. The molecule has 1 atom stereocenters. The molecule has 2 rings (SSSR count). The van der Waals surface area contributed by atoms with Crippen molar-refractivity contribution < 1.29 is 5.11 Å². The zero-order valence-corrected chi connectivity index (χ0v) is 10.6. The lowest BCUT2D eigenvalue weighted by Crippen LogP contribution is -2.37. The van der Waals surface area contributed by atoms with Crippen LogP contribution in [0.2, 0.25) is 0 Å². The van der Waals surface area contributed by atoms with Crippen LogP contribution in [-0.4, -0.2) is 10.7 Å². The van der Waals surface area contributed by atoms with Crippen molar-refractivity contribution in [2.45, 2.75) is 43.6 Å². The predicted molar refractivity (Wildman–Crippen MR) is 72.9 cm³/mol. The van der Waals surface area contributed by atoms with Gasteiger partial charge in [0.1, 0.15) is 0 Å². The largest absolute Gasteiger partial charge is 0.388 e. The van der Waals surface area contributed by atoms with Gasteiger partial charge in [-0.25, -0.2) is 0 Å². The van der Waals surface area contributed by atoms with E-state index in [-0.39, 0.29) is 0 Å². The van der Waals surface area contributed by atoms with E-state index in [0.717, 1.165) is 43.2 Å². The van der Waals surface area contributed by atoms with Crippen molar-refractivity contribution in [3.05, 3.63) is 42.0 Å². The van der Waals surface area contributed by atoms with Crippen LogP contribution in [0, 0.1) is 11.3 Å². The van der Waals surface area contributed by atoms with Gasteiger partial charge in [0.15, 0.2) is 0 Å². The van der Waals surface area contributed by atoms with Gasteiger partial charge >= 0.3 is 0 Å². The van der Waals surface area contributed by atoms with E-state index in [0.29, 0.717) is 0 Å². The van der Waals surface area contributed by atoms with Gasteiger partial charge in [0, 0.05) is 0 Å². The molecule has 0 aromatic heterocycles. The van der Waals surface area contributed by atoms with Crippen LogP contribution in [0.5, 0.6) is 0 Å². The van der Waals surface area contributed by atoms with Crippen molar-refractivity contribution in [1.82, 2.24) is 0 Å². The van der Waals surface area contributed by atoms with Gasteiger partial charge in [-0.2, -0.15) is 5.26 Å². The molecule has 0 saturated heterocycles. The Labute approximate surface area is 109 Å². The van der Waals surface area contributed by atoms with Crippen LogP contribution >= 0.6 is 0 Å². The Balaban J connectivity index is 2.26. The average Bonchev–Trinajstić information content (AvgIpc) is 2.41. The Morgan fingerprint density at radius 3 is 2.33 bits per heavy atom. The molecule has 2 heteroatoms. The Morgan fingerprint density at radius 2 is 1.83 bits per heavy atom. The van der Waals surface area contributed by atoms with Crippen LogP contribution in [0.15, 0.2) is 30.8 Å². The van der Waals surface area contributed by atoms with Crippen molar-refractivity contribution in [1.29, 1.82) is 5.26 Å². The summed E-state index contributed by atoms with van der Waals surface area (Å²) in [7, 11) is 0. The molecule has 1 aromatic carbocycles. The highest BCUT2D eigenvalue weighted by Gasteiger charge is 2.38. The van der Waals surface area contributed by atoms with Gasteiger partial charge in [-0.3, -0.25) is 0 Å². The topological polar surface area (TPSA) is 44.0 Å².